The number of primary amides is 1. The Bertz CT molecular complexity index is 677. The van der Waals surface area contributed by atoms with E-state index in [4.69, 9.17) is 5.73 Å². The molecule has 1 fully saturated rings. The minimum Gasteiger partial charge on any atom is -0.385 e. The van der Waals surface area contributed by atoms with Crippen molar-refractivity contribution in [2.75, 3.05) is 0 Å². The number of hydrogen-bond donors (Lipinski definition) is 3. The molecular weight excluding hydrogens is 278 g/mol. The third-order valence-corrected chi connectivity index (χ3v) is 4.57. The summed E-state index contributed by atoms with van der Waals surface area (Å²) in [5.74, 6) is -0.825. The van der Waals surface area contributed by atoms with E-state index in [0.29, 0.717) is 11.1 Å². The van der Waals surface area contributed by atoms with Gasteiger partial charge in [-0.1, -0.05) is 54.6 Å². The summed E-state index contributed by atoms with van der Waals surface area (Å²) in [5, 5.41) is 21.2. The van der Waals surface area contributed by atoms with Crippen LogP contribution in [0.25, 0.3) is 0 Å². The second kappa shape index (κ2) is 5.23. The van der Waals surface area contributed by atoms with Crippen LogP contribution in [0.15, 0.2) is 54.6 Å². The van der Waals surface area contributed by atoms with Crippen LogP contribution in [0.5, 0.6) is 0 Å². The Balaban J connectivity index is 2.01. The fourth-order valence-corrected chi connectivity index (χ4v) is 2.95. The molecule has 0 saturated heterocycles. The quantitative estimate of drug-likeness (QED) is 0.804. The highest BCUT2D eigenvalue weighted by molar-refractivity contribution is 5.88. The minimum atomic E-state index is -1.87. The van der Waals surface area contributed by atoms with Gasteiger partial charge >= 0.3 is 0 Å². The molecule has 1 aliphatic carbocycles. The molecule has 0 spiro atoms. The Morgan fingerprint density at radius 3 is 2.00 bits per heavy atom. The van der Waals surface area contributed by atoms with Crippen molar-refractivity contribution in [3.8, 4) is 0 Å². The van der Waals surface area contributed by atoms with Gasteiger partial charge in [-0.3, -0.25) is 4.79 Å². The van der Waals surface area contributed by atoms with Crippen LogP contribution in [0.1, 0.15) is 36.0 Å². The van der Waals surface area contributed by atoms with Crippen molar-refractivity contribution >= 4 is 5.91 Å². The van der Waals surface area contributed by atoms with E-state index in [1.165, 1.54) is 0 Å². The summed E-state index contributed by atoms with van der Waals surface area (Å²) in [6.45, 7) is 0. The van der Waals surface area contributed by atoms with Crippen LogP contribution in [0.2, 0.25) is 0 Å². The first-order chi connectivity index (χ1) is 10.5. The first kappa shape index (κ1) is 14.8. The molecule has 114 valence electrons. The van der Waals surface area contributed by atoms with Gasteiger partial charge in [0.15, 0.2) is 5.60 Å². The van der Waals surface area contributed by atoms with Gasteiger partial charge in [0, 0.05) is 0 Å². The molecule has 1 saturated carbocycles. The lowest BCUT2D eigenvalue weighted by molar-refractivity contribution is -0.133. The number of hydrogen-bond acceptors (Lipinski definition) is 3. The van der Waals surface area contributed by atoms with Crippen molar-refractivity contribution in [3.63, 3.8) is 0 Å². The minimum absolute atomic E-state index is 0.401. The summed E-state index contributed by atoms with van der Waals surface area (Å²) in [4.78, 5) is 11.9. The van der Waals surface area contributed by atoms with Gasteiger partial charge in [-0.05, 0) is 36.0 Å². The van der Waals surface area contributed by atoms with Crippen molar-refractivity contribution in [3.05, 3.63) is 71.3 Å². The molecule has 3 rings (SSSR count). The van der Waals surface area contributed by atoms with Crippen molar-refractivity contribution < 1.29 is 15.0 Å². The van der Waals surface area contributed by atoms with Crippen LogP contribution in [-0.4, -0.2) is 16.1 Å². The zero-order valence-corrected chi connectivity index (χ0v) is 12.2. The van der Waals surface area contributed by atoms with Gasteiger partial charge in [0.2, 0.25) is 0 Å². The molecular formula is C18H19NO3. The topological polar surface area (TPSA) is 83.6 Å². The summed E-state index contributed by atoms with van der Waals surface area (Å²) in [7, 11) is 0. The van der Waals surface area contributed by atoms with Crippen molar-refractivity contribution in [2.24, 2.45) is 5.73 Å². The SMILES string of the molecule is NC(=O)C(O)(c1ccccc1)c1ccc(C2(O)CCC2)cc1. The van der Waals surface area contributed by atoms with Crippen LogP contribution < -0.4 is 5.73 Å². The molecule has 0 heterocycles. The highest BCUT2D eigenvalue weighted by Crippen LogP contribution is 2.41. The molecule has 0 aromatic heterocycles. The second-order valence-corrected chi connectivity index (χ2v) is 5.90. The maximum absolute atomic E-state index is 11.9. The van der Waals surface area contributed by atoms with Crippen LogP contribution >= 0.6 is 0 Å². The van der Waals surface area contributed by atoms with Crippen LogP contribution in [0.4, 0.5) is 0 Å². The number of carbonyl (C=O) groups is 1. The molecule has 4 N–H and O–H groups in total. The molecule has 1 atom stereocenters. The number of rotatable bonds is 4. The average Bonchev–Trinajstić information content (AvgIpc) is 2.52. The zero-order chi connectivity index (χ0) is 15.8. The number of carbonyl (C=O) groups excluding carboxylic acids is 1. The highest BCUT2D eigenvalue weighted by atomic mass is 16.3. The van der Waals surface area contributed by atoms with Crippen molar-refractivity contribution in [1.29, 1.82) is 0 Å². The van der Waals surface area contributed by atoms with Gasteiger partial charge in [-0.15, -0.1) is 0 Å². The van der Waals surface area contributed by atoms with Crippen LogP contribution in [-0.2, 0) is 16.0 Å². The number of aliphatic hydroxyl groups is 2. The van der Waals surface area contributed by atoms with Crippen LogP contribution in [0, 0.1) is 0 Å². The molecule has 2 aromatic rings. The normalized spacial score (nSPS) is 19.0. The fourth-order valence-electron chi connectivity index (χ4n) is 2.95. The third-order valence-electron chi connectivity index (χ3n) is 4.57. The summed E-state index contributed by atoms with van der Waals surface area (Å²) < 4.78 is 0. The fraction of sp³-hybridized carbons (Fsp3) is 0.278. The molecule has 0 radical (unpaired) electrons. The smallest absolute Gasteiger partial charge is 0.258 e. The molecule has 4 nitrogen and oxygen atoms in total. The van der Waals surface area contributed by atoms with Gasteiger partial charge in [-0.25, -0.2) is 0 Å². The molecule has 1 amide bonds. The van der Waals surface area contributed by atoms with E-state index in [0.717, 1.165) is 24.8 Å². The first-order valence-corrected chi connectivity index (χ1v) is 7.38. The van der Waals surface area contributed by atoms with Crippen molar-refractivity contribution in [1.82, 2.24) is 0 Å². The van der Waals surface area contributed by atoms with Crippen molar-refractivity contribution in [2.45, 2.75) is 30.5 Å². The second-order valence-electron chi connectivity index (χ2n) is 5.90. The Morgan fingerprint density at radius 1 is 1.00 bits per heavy atom. The van der Waals surface area contributed by atoms with E-state index >= 15 is 0 Å². The van der Waals surface area contributed by atoms with E-state index in [9.17, 15) is 15.0 Å². The molecule has 0 aliphatic heterocycles. The highest BCUT2D eigenvalue weighted by Gasteiger charge is 2.40. The molecule has 22 heavy (non-hydrogen) atoms. The first-order valence-electron chi connectivity index (χ1n) is 7.38. The maximum atomic E-state index is 11.9. The lowest BCUT2D eigenvalue weighted by Gasteiger charge is -2.37. The lowest BCUT2D eigenvalue weighted by atomic mass is 9.74. The van der Waals surface area contributed by atoms with E-state index in [1.54, 1.807) is 54.6 Å². The van der Waals surface area contributed by atoms with Gasteiger partial charge in [0.1, 0.15) is 0 Å². The van der Waals surface area contributed by atoms with E-state index in [-0.39, 0.29) is 0 Å². The van der Waals surface area contributed by atoms with E-state index in [1.807, 2.05) is 0 Å². The summed E-state index contributed by atoms with van der Waals surface area (Å²) >= 11 is 0. The third kappa shape index (κ3) is 2.21. The molecule has 2 aromatic carbocycles. The summed E-state index contributed by atoms with van der Waals surface area (Å²) in [6.07, 6.45) is 2.49. The number of nitrogens with two attached hydrogens (primary N) is 1. The Labute approximate surface area is 129 Å². The van der Waals surface area contributed by atoms with Gasteiger partial charge in [0.05, 0.1) is 5.60 Å². The summed E-state index contributed by atoms with van der Waals surface area (Å²) in [6, 6.07) is 15.4. The zero-order valence-electron chi connectivity index (χ0n) is 12.2. The maximum Gasteiger partial charge on any atom is 0.258 e. The predicted octanol–water partition coefficient (Wildman–Crippen LogP) is 1.78. The van der Waals surface area contributed by atoms with Gasteiger partial charge < -0.3 is 15.9 Å². The number of benzene rings is 2. The molecule has 4 heteroatoms. The lowest BCUT2D eigenvalue weighted by Crippen LogP contribution is -2.42. The monoisotopic (exact) mass is 297 g/mol. The predicted molar refractivity (Wildman–Crippen MR) is 82.8 cm³/mol. The van der Waals surface area contributed by atoms with E-state index in [2.05, 4.69) is 0 Å². The van der Waals surface area contributed by atoms with E-state index < -0.39 is 17.1 Å². The molecule has 1 aliphatic rings. The Kier molecular flexibility index (Phi) is 3.51. The Hall–Kier alpha value is -2.17. The van der Waals surface area contributed by atoms with Crippen LogP contribution in [0.3, 0.4) is 0 Å². The molecule has 1 unspecified atom stereocenters. The Morgan fingerprint density at radius 2 is 1.55 bits per heavy atom. The average molecular weight is 297 g/mol. The summed E-state index contributed by atoms with van der Waals surface area (Å²) in [5.41, 5.74) is 4.45. The van der Waals surface area contributed by atoms with Gasteiger partial charge in [0.25, 0.3) is 5.91 Å². The van der Waals surface area contributed by atoms with Gasteiger partial charge in [-0.2, -0.15) is 0 Å². The largest absolute Gasteiger partial charge is 0.385 e. The molecule has 0 bridgehead atoms. The standard InChI is InChI=1S/C18H19NO3/c19-16(20)18(22,14-5-2-1-3-6-14)15-9-7-13(8-10-15)17(21)11-4-12-17/h1-3,5-10,21-22H,4,11-12H2,(H2,19,20). The number of amides is 1.